The van der Waals surface area contributed by atoms with Gasteiger partial charge in [-0.05, 0) is 33.1 Å². The Bertz CT molecular complexity index is 433. The van der Waals surface area contributed by atoms with Crippen LogP contribution in [0.25, 0.3) is 0 Å². The van der Waals surface area contributed by atoms with Crippen molar-refractivity contribution in [3.63, 3.8) is 0 Å². The highest BCUT2D eigenvalue weighted by Crippen LogP contribution is 2.43. The summed E-state index contributed by atoms with van der Waals surface area (Å²) in [6.45, 7) is 3.67. The zero-order chi connectivity index (χ0) is 12.0. The zero-order valence-electron chi connectivity index (χ0n) is 10.3. The Balaban J connectivity index is 1.87. The van der Waals surface area contributed by atoms with Crippen molar-refractivity contribution >= 4 is 0 Å². The van der Waals surface area contributed by atoms with Crippen molar-refractivity contribution in [3.05, 3.63) is 23.3 Å². The third-order valence-corrected chi connectivity index (χ3v) is 3.92. The molecule has 4 atom stereocenters. The van der Waals surface area contributed by atoms with Crippen LogP contribution >= 0.6 is 0 Å². The van der Waals surface area contributed by atoms with E-state index >= 15 is 0 Å². The van der Waals surface area contributed by atoms with Gasteiger partial charge in [-0.15, -0.1) is 0 Å². The first-order chi connectivity index (χ1) is 8.15. The molecule has 2 fully saturated rings. The first kappa shape index (κ1) is 11.1. The summed E-state index contributed by atoms with van der Waals surface area (Å²) in [7, 11) is 0. The monoisotopic (exact) mass is 234 g/mol. The molecule has 0 aromatic carbocycles. The number of hydrogen-bond donors (Lipinski definition) is 1. The Morgan fingerprint density at radius 3 is 2.82 bits per heavy atom. The largest absolute Gasteiger partial charge is 0.389 e. The fourth-order valence-corrected chi connectivity index (χ4v) is 2.99. The van der Waals surface area contributed by atoms with E-state index in [1.807, 2.05) is 6.92 Å². The minimum absolute atomic E-state index is 0.316. The number of fused-ring (bicyclic) bond motifs is 2. The average molecular weight is 234 g/mol. The van der Waals surface area contributed by atoms with E-state index in [9.17, 15) is 5.11 Å². The maximum absolute atomic E-state index is 9.56. The molecule has 4 heteroatoms. The Morgan fingerprint density at radius 2 is 2.29 bits per heavy atom. The fraction of sp³-hybridized carbons (Fsp3) is 0.692. The number of ether oxygens (including phenoxy) is 1. The Hall–Kier alpha value is -1.00. The zero-order valence-corrected chi connectivity index (χ0v) is 10.3. The topological polar surface area (TPSA) is 55.2 Å². The Labute approximate surface area is 101 Å². The van der Waals surface area contributed by atoms with E-state index in [1.165, 1.54) is 6.42 Å². The van der Waals surface area contributed by atoms with Gasteiger partial charge in [-0.3, -0.25) is 0 Å². The van der Waals surface area contributed by atoms with Gasteiger partial charge >= 0.3 is 0 Å². The van der Waals surface area contributed by atoms with Gasteiger partial charge in [0, 0.05) is 23.4 Å². The summed E-state index contributed by atoms with van der Waals surface area (Å²) in [5, 5.41) is 9.56. The molecule has 17 heavy (non-hydrogen) atoms. The Morgan fingerprint density at radius 1 is 1.47 bits per heavy atom. The van der Waals surface area contributed by atoms with Crippen molar-refractivity contribution in [3.8, 4) is 0 Å². The van der Waals surface area contributed by atoms with Crippen LogP contribution in [0, 0.1) is 6.92 Å². The lowest BCUT2D eigenvalue weighted by Crippen LogP contribution is -2.18. The van der Waals surface area contributed by atoms with Crippen LogP contribution in [0.2, 0.25) is 0 Å². The van der Waals surface area contributed by atoms with Crippen LogP contribution in [0.4, 0.5) is 0 Å². The maximum Gasteiger partial charge on any atom is 0.134 e. The first-order valence-electron chi connectivity index (χ1n) is 6.32. The molecule has 2 saturated heterocycles. The van der Waals surface area contributed by atoms with Gasteiger partial charge < -0.3 is 9.84 Å². The molecule has 3 rings (SSSR count). The van der Waals surface area contributed by atoms with E-state index in [0.717, 1.165) is 29.9 Å². The molecule has 2 bridgehead atoms. The summed E-state index contributed by atoms with van der Waals surface area (Å²) in [5.74, 6) is 1.24. The van der Waals surface area contributed by atoms with E-state index in [2.05, 4.69) is 9.97 Å². The molecule has 1 N–H and O–H groups in total. The lowest BCUT2D eigenvalue weighted by atomic mass is 9.88. The normalized spacial score (nSPS) is 33.0. The lowest BCUT2D eigenvalue weighted by molar-refractivity contribution is 0.0998. The second kappa shape index (κ2) is 4.03. The molecule has 92 valence electrons. The molecule has 1 aromatic heterocycles. The molecule has 0 spiro atoms. The van der Waals surface area contributed by atoms with Crippen LogP contribution in [0.3, 0.4) is 0 Å². The van der Waals surface area contributed by atoms with E-state index in [1.54, 1.807) is 13.1 Å². The van der Waals surface area contributed by atoms with Gasteiger partial charge in [-0.1, -0.05) is 0 Å². The van der Waals surface area contributed by atoms with Crippen molar-refractivity contribution in [1.29, 1.82) is 0 Å². The number of aryl methyl sites for hydroxylation is 1. The second-order valence-corrected chi connectivity index (χ2v) is 5.16. The second-order valence-electron chi connectivity index (χ2n) is 5.16. The summed E-state index contributed by atoms with van der Waals surface area (Å²) in [5.41, 5.74) is 1.70. The molecule has 4 nitrogen and oxygen atoms in total. The highest BCUT2D eigenvalue weighted by atomic mass is 16.5. The predicted molar refractivity (Wildman–Crippen MR) is 62.7 cm³/mol. The number of nitrogens with zero attached hydrogens (tertiary/aromatic N) is 2. The van der Waals surface area contributed by atoms with Gasteiger partial charge in [0.1, 0.15) is 5.82 Å². The quantitative estimate of drug-likeness (QED) is 0.848. The summed E-state index contributed by atoms with van der Waals surface area (Å²) >= 11 is 0. The van der Waals surface area contributed by atoms with Gasteiger partial charge in [-0.2, -0.15) is 0 Å². The third-order valence-electron chi connectivity index (χ3n) is 3.92. The molecule has 1 aromatic rings. The van der Waals surface area contributed by atoms with Crippen LogP contribution in [0.15, 0.2) is 6.20 Å². The van der Waals surface area contributed by atoms with Gasteiger partial charge in [0.05, 0.1) is 18.3 Å². The molecule has 2 aliphatic heterocycles. The third kappa shape index (κ3) is 1.85. The number of aliphatic hydroxyl groups excluding tert-OH is 1. The predicted octanol–water partition coefficient (Wildman–Crippen LogP) is 1.87. The van der Waals surface area contributed by atoms with Gasteiger partial charge in [0.25, 0.3) is 0 Å². The van der Waals surface area contributed by atoms with Crippen molar-refractivity contribution < 1.29 is 9.84 Å². The van der Waals surface area contributed by atoms with Crippen LogP contribution in [0.5, 0.6) is 0 Å². The van der Waals surface area contributed by atoms with E-state index in [-0.39, 0.29) is 0 Å². The molecule has 3 heterocycles. The van der Waals surface area contributed by atoms with Crippen LogP contribution < -0.4 is 0 Å². The molecule has 2 aliphatic rings. The molecule has 0 saturated carbocycles. The number of hydrogen-bond acceptors (Lipinski definition) is 4. The average Bonchev–Trinajstić information content (AvgIpc) is 2.89. The van der Waals surface area contributed by atoms with Gasteiger partial charge in [-0.25, -0.2) is 9.97 Å². The van der Waals surface area contributed by atoms with E-state index in [4.69, 9.17) is 4.74 Å². The summed E-state index contributed by atoms with van der Waals surface area (Å²) in [4.78, 5) is 8.95. The Kier molecular flexibility index (Phi) is 2.64. The lowest BCUT2D eigenvalue weighted by Gasteiger charge is -2.18. The number of rotatable bonds is 2. The smallest absolute Gasteiger partial charge is 0.134 e. The number of aromatic nitrogens is 2. The van der Waals surface area contributed by atoms with Crippen molar-refractivity contribution in [2.75, 3.05) is 0 Å². The maximum atomic E-state index is 9.56. The highest BCUT2D eigenvalue weighted by molar-refractivity contribution is 5.20. The number of aliphatic hydroxyl groups is 1. The standard InChI is InChI=1S/C13H18N2O2/c1-7-11(8(2)16)6-14-13(15-7)10-5-9-3-4-12(10)17-9/h6,8-10,12,16H,3-5H2,1-2H3. The minimum atomic E-state index is -0.500. The van der Waals surface area contributed by atoms with Crippen LogP contribution in [-0.4, -0.2) is 27.3 Å². The molecule has 0 radical (unpaired) electrons. The minimum Gasteiger partial charge on any atom is -0.389 e. The molecule has 4 unspecified atom stereocenters. The van der Waals surface area contributed by atoms with Gasteiger partial charge in [0.2, 0.25) is 0 Å². The van der Waals surface area contributed by atoms with Gasteiger partial charge in [0.15, 0.2) is 0 Å². The summed E-state index contributed by atoms with van der Waals surface area (Å²) in [6, 6.07) is 0. The summed E-state index contributed by atoms with van der Waals surface area (Å²) < 4.78 is 5.83. The van der Waals surface area contributed by atoms with Crippen molar-refractivity contribution in [2.24, 2.45) is 0 Å². The molecular weight excluding hydrogens is 216 g/mol. The van der Waals surface area contributed by atoms with Crippen molar-refractivity contribution in [1.82, 2.24) is 9.97 Å². The van der Waals surface area contributed by atoms with E-state index < -0.39 is 6.10 Å². The van der Waals surface area contributed by atoms with E-state index in [0.29, 0.717) is 18.1 Å². The molecule has 0 aliphatic carbocycles. The van der Waals surface area contributed by atoms with Crippen molar-refractivity contribution in [2.45, 2.75) is 57.3 Å². The van der Waals surface area contributed by atoms with Crippen LogP contribution in [0.1, 0.15) is 55.3 Å². The van der Waals surface area contributed by atoms with Crippen LogP contribution in [-0.2, 0) is 4.74 Å². The first-order valence-corrected chi connectivity index (χ1v) is 6.32. The molecule has 0 amide bonds. The molecular formula is C13H18N2O2. The SMILES string of the molecule is Cc1nc(C2CC3CCC2O3)ncc1C(C)O. The fourth-order valence-electron chi connectivity index (χ4n) is 2.99. The highest BCUT2D eigenvalue weighted by Gasteiger charge is 2.42. The summed E-state index contributed by atoms with van der Waals surface area (Å²) in [6.07, 6.45) is 5.37.